The predicted octanol–water partition coefficient (Wildman–Crippen LogP) is 4.95. The summed E-state index contributed by atoms with van der Waals surface area (Å²) >= 11 is 4.74. The summed E-state index contributed by atoms with van der Waals surface area (Å²) in [7, 11) is 0. The van der Waals surface area contributed by atoms with Crippen LogP contribution in [0.4, 0.5) is 14.5 Å². The van der Waals surface area contributed by atoms with Crippen LogP contribution in [0, 0.1) is 0 Å². The van der Waals surface area contributed by atoms with Gasteiger partial charge in [-0.15, -0.1) is 8.78 Å². The summed E-state index contributed by atoms with van der Waals surface area (Å²) in [4.78, 5) is 21.3. The third kappa shape index (κ3) is 5.01. The molecule has 0 atom stereocenters. The second kappa shape index (κ2) is 8.49. The van der Waals surface area contributed by atoms with Crippen LogP contribution < -0.4 is 10.1 Å². The van der Waals surface area contributed by atoms with Crippen LogP contribution in [0.3, 0.4) is 0 Å². The van der Waals surface area contributed by atoms with E-state index in [1.165, 1.54) is 30.5 Å². The number of alkyl halides is 3. The number of halogens is 3. The normalized spacial score (nSPS) is 11.2. The Morgan fingerprint density at radius 2 is 1.90 bits per heavy atom. The van der Waals surface area contributed by atoms with Gasteiger partial charge in [0, 0.05) is 58.8 Å². The summed E-state index contributed by atoms with van der Waals surface area (Å²) in [6.45, 7) is 0. The molecule has 0 fully saturated rings. The molecule has 1 aromatic carbocycles. The monoisotopic (exact) mass is 441 g/mol. The lowest BCUT2D eigenvalue weighted by Gasteiger charge is -2.12. The average Bonchev–Trinajstić information content (AvgIpc) is 3.29. The summed E-state index contributed by atoms with van der Waals surface area (Å²) in [6, 6.07) is 10.7. The van der Waals surface area contributed by atoms with Crippen molar-refractivity contribution in [3.8, 4) is 28.1 Å². The number of pyridine rings is 2. The molecule has 0 saturated carbocycles. The Hall–Kier alpha value is -3.85. The first-order chi connectivity index (χ1) is 14.9. The second-order valence-electron chi connectivity index (χ2n) is 6.38. The van der Waals surface area contributed by atoms with Crippen molar-refractivity contribution in [2.45, 2.75) is 5.57 Å². The molecule has 0 aliphatic heterocycles. The summed E-state index contributed by atoms with van der Waals surface area (Å²) in [5.74, 6) is -0.561. The van der Waals surface area contributed by atoms with Crippen LogP contribution in [0.1, 0.15) is 10.4 Å². The number of rotatable bonds is 6. The number of benzene rings is 1. The Balaban J connectivity index is 1.60. The van der Waals surface area contributed by atoms with E-state index < -0.39 is 11.5 Å². The van der Waals surface area contributed by atoms with Crippen LogP contribution in [0.25, 0.3) is 22.4 Å². The number of aromatic amines is 1. The maximum absolute atomic E-state index is 12.7. The van der Waals surface area contributed by atoms with Crippen LogP contribution in [-0.4, -0.2) is 31.6 Å². The highest BCUT2D eigenvalue weighted by Gasteiger charge is 2.27. The first-order valence-corrected chi connectivity index (χ1v) is 9.33. The number of nitrogens with one attached hydrogen (secondary N) is 2. The molecule has 10 heteroatoms. The highest BCUT2D eigenvalue weighted by Crippen LogP contribution is 2.30. The molecule has 7 nitrogen and oxygen atoms in total. The smallest absolute Gasteiger partial charge is 0.420 e. The fraction of sp³-hybridized carbons (Fsp3) is 0.0476. The zero-order valence-electron chi connectivity index (χ0n) is 15.7. The van der Waals surface area contributed by atoms with Gasteiger partial charge in [0.15, 0.2) is 0 Å². The van der Waals surface area contributed by atoms with E-state index in [1.807, 2.05) is 6.07 Å². The second-order valence-corrected chi connectivity index (χ2v) is 6.82. The third-order valence-corrected chi connectivity index (χ3v) is 4.32. The maximum atomic E-state index is 12.7. The van der Waals surface area contributed by atoms with E-state index in [1.54, 1.807) is 36.9 Å². The third-order valence-electron chi connectivity index (χ3n) is 4.24. The van der Waals surface area contributed by atoms with Crippen molar-refractivity contribution in [3.05, 3.63) is 79.0 Å². The van der Waals surface area contributed by atoms with Gasteiger partial charge >= 0.3 is 5.57 Å². The summed E-state index contributed by atoms with van der Waals surface area (Å²) in [6.07, 6.45) is 8.12. The van der Waals surface area contributed by atoms with E-state index in [9.17, 15) is 13.6 Å². The Morgan fingerprint density at radius 3 is 2.55 bits per heavy atom. The van der Waals surface area contributed by atoms with E-state index in [0.717, 1.165) is 11.1 Å². The minimum atomic E-state index is -3.81. The number of hydrogen-bond acceptors (Lipinski definition) is 5. The van der Waals surface area contributed by atoms with Gasteiger partial charge in [0.05, 0.1) is 17.5 Å². The number of carbonyl (C=O) groups is 1. The van der Waals surface area contributed by atoms with Crippen LogP contribution >= 0.6 is 11.6 Å². The number of carbonyl (C=O) groups excluding carboxylic acids is 1. The molecule has 0 radical (unpaired) electrons. The lowest BCUT2D eigenvalue weighted by molar-refractivity contribution is -0.0964. The Bertz CT molecular complexity index is 1180. The Labute approximate surface area is 180 Å². The molecule has 0 unspecified atom stereocenters. The summed E-state index contributed by atoms with van der Waals surface area (Å²) in [5, 5.41) is 9.40. The summed E-state index contributed by atoms with van der Waals surface area (Å²) in [5.41, 5.74) is -0.234. The molecule has 0 aliphatic rings. The lowest BCUT2D eigenvalue weighted by atomic mass is 10.0. The SMILES string of the molecule is O=C(Nc1ccc(OC(F)(F)Cl)cc1)c1cnc(-c2cccnc2)c(-c2cn[nH]c2)c1. The van der Waals surface area contributed by atoms with Crippen LogP contribution in [0.15, 0.2) is 73.4 Å². The van der Waals surface area contributed by atoms with Gasteiger partial charge in [0.2, 0.25) is 0 Å². The average molecular weight is 442 g/mol. The van der Waals surface area contributed by atoms with E-state index >= 15 is 0 Å². The van der Waals surface area contributed by atoms with Crippen molar-refractivity contribution in [2.24, 2.45) is 0 Å². The van der Waals surface area contributed by atoms with Gasteiger partial charge in [-0.1, -0.05) is 0 Å². The van der Waals surface area contributed by atoms with Crippen LogP contribution in [-0.2, 0) is 0 Å². The number of anilines is 1. The van der Waals surface area contributed by atoms with Gasteiger partial charge in [-0.25, -0.2) is 0 Å². The van der Waals surface area contributed by atoms with Crippen molar-refractivity contribution in [2.75, 3.05) is 5.32 Å². The fourth-order valence-corrected chi connectivity index (χ4v) is 2.97. The van der Waals surface area contributed by atoms with E-state index in [-0.39, 0.29) is 5.75 Å². The van der Waals surface area contributed by atoms with Crippen molar-refractivity contribution in [3.63, 3.8) is 0 Å². The largest absolute Gasteiger partial charge is 0.487 e. The molecular formula is C21H14ClF2N5O2. The van der Waals surface area contributed by atoms with Crippen molar-refractivity contribution in [1.82, 2.24) is 20.2 Å². The van der Waals surface area contributed by atoms with Crippen LogP contribution in [0.2, 0.25) is 0 Å². The van der Waals surface area contributed by atoms with Gasteiger partial charge in [-0.3, -0.25) is 19.9 Å². The number of amides is 1. The quantitative estimate of drug-likeness (QED) is 0.413. The highest BCUT2D eigenvalue weighted by molar-refractivity contribution is 6.20. The Morgan fingerprint density at radius 1 is 1.10 bits per heavy atom. The highest BCUT2D eigenvalue weighted by atomic mass is 35.5. The lowest BCUT2D eigenvalue weighted by Crippen LogP contribution is -2.16. The van der Waals surface area contributed by atoms with E-state index in [4.69, 9.17) is 11.6 Å². The first-order valence-electron chi connectivity index (χ1n) is 8.96. The van der Waals surface area contributed by atoms with Crippen molar-refractivity contribution < 1.29 is 18.3 Å². The summed E-state index contributed by atoms with van der Waals surface area (Å²) < 4.78 is 29.7. The van der Waals surface area contributed by atoms with Crippen molar-refractivity contribution in [1.29, 1.82) is 0 Å². The van der Waals surface area contributed by atoms with Gasteiger partial charge in [0.1, 0.15) is 5.75 Å². The molecule has 2 N–H and O–H groups in total. The zero-order chi connectivity index (χ0) is 21.8. The number of aromatic nitrogens is 4. The molecule has 0 spiro atoms. The number of hydrogen-bond donors (Lipinski definition) is 2. The first kappa shape index (κ1) is 20.4. The topological polar surface area (TPSA) is 92.8 Å². The molecule has 156 valence electrons. The molecule has 0 aliphatic carbocycles. The molecule has 0 bridgehead atoms. The van der Waals surface area contributed by atoms with Crippen molar-refractivity contribution >= 4 is 23.2 Å². The fourth-order valence-electron chi connectivity index (χ4n) is 2.88. The molecule has 0 saturated heterocycles. The maximum Gasteiger partial charge on any atom is 0.487 e. The molecule has 31 heavy (non-hydrogen) atoms. The van der Waals surface area contributed by atoms with E-state index in [2.05, 4.69) is 30.2 Å². The zero-order valence-corrected chi connectivity index (χ0v) is 16.5. The minimum absolute atomic E-state index is 0.136. The molecule has 3 heterocycles. The minimum Gasteiger partial charge on any atom is -0.420 e. The Kier molecular flexibility index (Phi) is 5.59. The van der Waals surface area contributed by atoms with Gasteiger partial charge in [-0.05, 0) is 42.5 Å². The number of ether oxygens (including phenoxy) is 1. The number of H-pyrrole nitrogens is 1. The molecular weight excluding hydrogens is 428 g/mol. The van der Waals surface area contributed by atoms with Crippen LogP contribution in [0.5, 0.6) is 5.75 Å². The molecule has 3 aromatic heterocycles. The van der Waals surface area contributed by atoms with E-state index in [0.29, 0.717) is 22.5 Å². The van der Waals surface area contributed by atoms with Gasteiger partial charge in [0.25, 0.3) is 5.91 Å². The molecule has 1 amide bonds. The predicted molar refractivity (Wildman–Crippen MR) is 111 cm³/mol. The number of nitrogens with zero attached hydrogens (tertiary/aromatic N) is 3. The molecule has 4 rings (SSSR count). The van der Waals surface area contributed by atoms with Gasteiger partial charge in [-0.2, -0.15) is 5.10 Å². The van der Waals surface area contributed by atoms with Gasteiger partial charge < -0.3 is 10.1 Å². The standard InChI is InChI=1S/C21H14ClF2N5O2/c22-21(23,24)31-17-5-3-16(4-6-17)29-20(30)14-8-18(15-11-27-28-12-15)19(26-10-14)13-2-1-7-25-9-13/h1-12H,(H,27,28)(H,29,30). The molecule has 4 aromatic rings.